The molecule has 0 amide bonds. The Morgan fingerprint density at radius 2 is 1.83 bits per heavy atom. The number of hydrogen-bond donors (Lipinski definition) is 2. The number of nitrogen functional groups attached to an aromatic ring is 1. The van der Waals surface area contributed by atoms with Gasteiger partial charge in [-0.05, 0) is 25.1 Å². The molecule has 3 N–H and O–H groups in total. The molecule has 0 bridgehead atoms. The van der Waals surface area contributed by atoms with Crippen molar-refractivity contribution in [3.05, 3.63) is 68.8 Å². The van der Waals surface area contributed by atoms with Crippen LogP contribution in [0.5, 0.6) is 0 Å². The minimum atomic E-state index is -1.60. The fourth-order valence-corrected chi connectivity index (χ4v) is 3.11. The maximum atomic E-state index is 14.3. The summed E-state index contributed by atoms with van der Waals surface area (Å²) in [6.07, 6.45) is 0.904. The number of aromatic nitrogens is 1. The second kappa shape index (κ2) is 7.54. The van der Waals surface area contributed by atoms with Gasteiger partial charge in [0.05, 0.1) is 22.3 Å². The van der Waals surface area contributed by atoms with Crippen molar-refractivity contribution in [1.29, 1.82) is 0 Å². The first-order chi connectivity index (χ1) is 14.0. The van der Waals surface area contributed by atoms with Gasteiger partial charge in [-0.15, -0.1) is 0 Å². The highest BCUT2D eigenvalue weighted by atomic mass is 19.2. The van der Waals surface area contributed by atoms with E-state index in [-0.39, 0.29) is 28.0 Å². The Morgan fingerprint density at radius 1 is 1.17 bits per heavy atom. The molecule has 0 aliphatic heterocycles. The van der Waals surface area contributed by atoms with Crippen molar-refractivity contribution in [2.75, 3.05) is 5.73 Å². The molecule has 0 aliphatic rings. The summed E-state index contributed by atoms with van der Waals surface area (Å²) >= 11 is 0. The fraction of sp³-hybridized carbons (Fsp3) is 0.150. The van der Waals surface area contributed by atoms with Crippen LogP contribution in [-0.2, 0) is 16.1 Å². The number of carboxylic acid groups (broad SMARTS) is 1. The maximum absolute atomic E-state index is 14.3. The van der Waals surface area contributed by atoms with Crippen LogP contribution in [0.1, 0.15) is 28.4 Å². The summed E-state index contributed by atoms with van der Waals surface area (Å²) in [7, 11) is 0. The summed E-state index contributed by atoms with van der Waals surface area (Å²) in [5.41, 5.74) is 3.22. The lowest BCUT2D eigenvalue weighted by Crippen LogP contribution is -2.20. The molecule has 0 saturated carbocycles. The predicted molar refractivity (Wildman–Crippen MR) is 101 cm³/mol. The molecule has 0 saturated heterocycles. The second-order valence-corrected chi connectivity index (χ2v) is 6.52. The predicted octanol–water partition coefficient (Wildman–Crippen LogP) is 3.06. The molecule has 1 aromatic heterocycles. The average molecular weight is 420 g/mol. The van der Waals surface area contributed by atoms with Gasteiger partial charge in [0.25, 0.3) is 0 Å². The first kappa shape index (κ1) is 20.9. The zero-order valence-electron chi connectivity index (χ0n) is 15.8. The molecule has 7 nitrogen and oxygen atoms in total. The summed E-state index contributed by atoms with van der Waals surface area (Å²) in [5, 5.41) is 9.00. The molecular weight excluding hydrogens is 405 g/mol. The Hall–Kier alpha value is -3.82. The Bertz CT molecular complexity index is 1280. The number of aromatic carboxylic acids is 1. The summed E-state index contributed by atoms with van der Waals surface area (Å²) in [4.78, 5) is 35.3. The van der Waals surface area contributed by atoms with Crippen LogP contribution in [0.3, 0.4) is 0 Å². The monoisotopic (exact) mass is 420 g/mol. The molecule has 2 aromatic carbocycles. The van der Waals surface area contributed by atoms with Crippen molar-refractivity contribution in [1.82, 2.24) is 4.57 Å². The van der Waals surface area contributed by atoms with E-state index >= 15 is 0 Å². The zero-order valence-corrected chi connectivity index (χ0v) is 15.8. The van der Waals surface area contributed by atoms with E-state index in [1.807, 2.05) is 0 Å². The van der Waals surface area contributed by atoms with E-state index in [4.69, 9.17) is 10.5 Å². The first-order valence-electron chi connectivity index (χ1n) is 8.51. The molecule has 0 fully saturated rings. The highest BCUT2D eigenvalue weighted by molar-refractivity contribution is 5.94. The number of fused-ring (bicyclic) bond motifs is 1. The van der Waals surface area contributed by atoms with Crippen LogP contribution in [0.2, 0.25) is 0 Å². The van der Waals surface area contributed by atoms with Gasteiger partial charge < -0.3 is 20.1 Å². The number of nitrogens with zero attached hydrogens (tertiary/aromatic N) is 1. The Morgan fingerprint density at radius 3 is 2.43 bits per heavy atom. The average Bonchev–Trinajstić information content (AvgIpc) is 2.67. The number of rotatable bonds is 4. The number of benzene rings is 2. The maximum Gasteiger partial charge on any atom is 0.341 e. The van der Waals surface area contributed by atoms with Crippen molar-refractivity contribution in [2.45, 2.75) is 20.5 Å². The lowest BCUT2D eigenvalue weighted by atomic mass is 10.0. The fourth-order valence-electron chi connectivity index (χ4n) is 3.11. The number of esters is 1. The number of anilines is 1. The van der Waals surface area contributed by atoms with Crippen molar-refractivity contribution in [2.24, 2.45) is 0 Å². The molecule has 30 heavy (non-hydrogen) atoms. The number of nitrogens with two attached hydrogens (primary N) is 1. The molecule has 156 valence electrons. The minimum absolute atomic E-state index is 0.0248. The summed E-state index contributed by atoms with van der Waals surface area (Å²) < 4.78 is 48.3. The Labute approximate surface area is 167 Å². The minimum Gasteiger partial charge on any atom is -0.477 e. The van der Waals surface area contributed by atoms with E-state index in [2.05, 4.69) is 0 Å². The van der Waals surface area contributed by atoms with Gasteiger partial charge in [-0.1, -0.05) is 0 Å². The Balaban J connectivity index is 2.50. The van der Waals surface area contributed by atoms with Crippen LogP contribution < -0.4 is 11.2 Å². The molecule has 0 spiro atoms. The van der Waals surface area contributed by atoms with Crippen LogP contribution in [0.15, 0.2) is 29.2 Å². The van der Waals surface area contributed by atoms with Crippen molar-refractivity contribution in [3.63, 3.8) is 0 Å². The standard InChI is InChI=1S/C20H15F3N2O5/c1-8-17(23)14(22)4-11-18(8)25(6-12(19(11)27)20(28)29)16-5-15(24)13(21)3-10(16)7-30-9(2)26/h3-6H,7,24H2,1-2H3,(H,28,29). The lowest BCUT2D eigenvalue weighted by molar-refractivity contribution is -0.142. The third-order valence-corrected chi connectivity index (χ3v) is 4.53. The van der Waals surface area contributed by atoms with Gasteiger partial charge in [0.1, 0.15) is 18.0 Å². The van der Waals surface area contributed by atoms with Crippen molar-refractivity contribution in [3.8, 4) is 5.69 Å². The van der Waals surface area contributed by atoms with Crippen molar-refractivity contribution < 1.29 is 32.6 Å². The van der Waals surface area contributed by atoms with Crippen LogP contribution >= 0.6 is 0 Å². The lowest BCUT2D eigenvalue weighted by Gasteiger charge is -2.19. The number of carbonyl (C=O) groups is 2. The van der Waals surface area contributed by atoms with E-state index in [1.54, 1.807) is 0 Å². The molecule has 0 radical (unpaired) electrons. The number of pyridine rings is 1. The van der Waals surface area contributed by atoms with E-state index in [1.165, 1.54) is 6.92 Å². The molecule has 3 aromatic rings. The van der Waals surface area contributed by atoms with Crippen LogP contribution in [0.25, 0.3) is 16.6 Å². The van der Waals surface area contributed by atoms with Crippen LogP contribution in [0.4, 0.5) is 18.9 Å². The summed E-state index contributed by atoms with van der Waals surface area (Å²) in [6, 6.07) is 2.68. The smallest absolute Gasteiger partial charge is 0.341 e. The SMILES string of the molecule is CC(=O)OCc1cc(F)c(N)cc1-n1cc(C(=O)O)c(=O)c2cc(F)c(F)c(C)c21. The van der Waals surface area contributed by atoms with E-state index in [0.29, 0.717) is 6.07 Å². The molecule has 1 heterocycles. The van der Waals surface area contributed by atoms with Gasteiger partial charge in [-0.2, -0.15) is 0 Å². The zero-order chi connectivity index (χ0) is 22.3. The molecule has 0 unspecified atom stereocenters. The largest absolute Gasteiger partial charge is 0.477 e. The van der Waals surface area contributed by atoms with Gasteiger partial charge >= 0.3 is 11.9 Å². The third kappa shape index (κ3) is 3.47. The van der Waals surface area contributed by atoms with Gasteiger partial charge in [0, 0.05) is 24.2 Å². The molecule has 10 heteroatoms. The summed E-state index contributed by atoms with van der Waals surface area (Å²) in [5.74, 6) is -5.67. The molecule has 0 atom stereocenters. The number of aryl methyl sites for hydroxylation is 1. The molecular formula is C20H15F3N2O5. The Kier molecular flexibility index (Phi) is 5.26. The van der Waals surface area contributed by atoms with E-state index < -0.39 is 52.4 Å². The van der Waals surface area contributed by atoms with Crippen LogP contribution in [0, 0.1) is 24.4 Å². The van der Waals surface area contributed by atoms with Gasteiger partial charge in [-0.3, -0.25) is 9.59 Å². The quantitative estimate of drug-likeness (QED) is 0.496. The third-order valence-electron chi connectivity index (χ3n) is 4.53. The molecule has 0 aliphatic carbocycles. The number of hydrogen-bond acceptors (Lipinski definition) is 5. The van der Waals surface area contributed by atoms with Crippen molar-refractivity contribution >= 4 is 28.5 Å². The number of ether oxygens (including phenoxy) is 1. The van der Waals surface area contributed by atoms with E-state index in [9.17, 15) is 32.7 Å². The summed E-state index contributed by atoms with van der Waals surface area (Å²) in [6.45, 7) is 1.92. The van der Waals surface area contributed by atoms with Gasteiger partial charge in [-0.25, -0.2) is 18.0 Å². The molecule has 3 rings (SSSR count). The van der Waals surface area contributed by atoms with E-state index in [0.717, 1.165) is 29.8 Å². The number of halogens is 3. The highest BCUT2D eigenvalue weighted by Gasteiger charge is 2.22. The first-order valence-corrected chi connectivity index (χ1v) is 8.51. The van der Waals surface area contributed by atoms with Gasteiger partial charge in [0.2, 0.25) is 5.43 Å². The highest BCUT2D eigenvalue weighted by Crippen LogP contribution is 2.29. The van der Waals surface area contributed by atoms with Gasteiger partial charge in [0.15, 0.2) is 11.6 Å². The second-order valence-electron chi connectivity index (χ2n) is 6.52. The number of carboxylic acids is 1. The normalized spacial score (nSPS) is 11.0. The topological polar surface area (TPSA) is 112 Å². The number of carbonyl (C=O) groups excluding carboxylic acids is 1. The van der Waals surface area contributed by atoms with Crippen LogP contribution in [-0.4, -0.2) is 21.6 Å².